The molecule has 0 radical (unpaired) electrons. The van der Waals surface area contributed by atoms with Crippen molar-refractivity contribution in [2.24, 2.45) is 0 Å². The van der Waals surface area contributed by atoms with Crippen LogP contribution in [0.2, 0.25) is 5.02 Å². The summed E-state index contributed by atoms with van der Waals surface area (Å²) < 4.78 is 5.05. The quantitative estimate of drug-likeness (QED) is 0.759. The molecule has 0 aromatic heterocycles. The minimum atomic E-state index is -0.541. The van der Waals surface area contributed by atoms with Crippen LogP contribution in [0.5, 0.6) is 0 Å². The summed E-state index contributed by atoms with van der Waals surface area (Å²) in [5, 5.41) is 3.03. The van der Waals surface area contributed by atoms with Crippen LogP contribution in [0.15, 0.2) is 48.5 Å². The van der Waals surface area contributed by atoms with Crippen LogP contribution < -0.4 is 10.2 Å². The number of carbonyl (C=O) groups excluding carboxylic acids is 2. The summed E-state index contributed by atoms with van der Waals surface area (Å²) >= 11 is 5.96. The van der Waals surface area contributed by atoms with Crippen molar-refractivity contribution in [3.8, 4) is 0 Å². The maximum Gasteiger partial charge on any atom is 0.338 e. The van der Waals surface area contributed by atoms with Crippen LogP contribution in [0, 0.1) is 0 Å². The van der Waals surface area contributed by atoms with E-state index >= 15 is 0 Å². The Kier molecular flexibility index (Phi) is 6.83. The van der Waals surface area contributed by atoms with Gasteiger partial charge in [-0.25, -0.2) is 4.79 Å². The van der Waals surface area contributed by atoms with Crippen LogP contribution in [0.4, 0.5) is 11.4 Å². The lowest BCUT2D eigenvalue weighted by Crippen LogP contribution is -2.22. The monoisotopic (exact) mass is 360 g/mol. The van der Waals surface area contributed by atoms with E-state index in [1.54, 1.807) is 36.4 Å². The van der Waals surface area contributed by atoms with E-state index in [2.05, 4.69) is 24.1 Å². The number of esters is 1. The summed E-state index contributed by atoms with van der Waals surface area (Å²) in [6.07, 6.45) is 0. The summed E-state index contributed by atoms with van der Waals surface area (Å²) in [7, 11) is 0. The molecule has 0 unspecified atom stereocenters. The van der Waals surface area contributed by atoms with Gasteiger partial charge in [-0.2, -0.15) is 0 Å². The molecule has 0 saturated heterocycles. The average Bonchev–Trinajstić information content (AvgIpc) is 2.63. The van der Waals surface area contributed by atoms with Gasteiger partial charge in [0.25, 0.3) is 5.91 Å². The largest absolute Gasteiger partial charge is 0.452 e. The van der Waals surface area contributed by atoms with Crippen molar-refractivity contribution in [3.63, 3.8) is 0 Å². The molecule has 132 valence electrons. The first-order valence-electron chi connectivity index (χ1n) is 8.11. The number of ether oxygens (including phenoxy) is 1. The Morgan fingerprint density at radius 1 is 1.04 bits per heavy atom. The highest BCUT2D eigenvalue weighted by molar-refractivity contribution is 6.33. The molecule has 0 bridgehead atoms. The van der Waals surface area contributed by atoms with E-state index in [1.165, 1.54) is 0 Å². The highest BCUT2D eigenvalue weighted by atomic mass is 35.5. The van der Waals surface area contributed by atoms with Gasteiger partial charge in [-0.1, -0.05) is 23.7 Å². The zero-order valence-corrected chi connectivity index (χ0v) is 15.0. The second-order valence-electron chi connectivity index (χ2n) is 5.32. The molecular formula is C19H21ClN2O3. The van der Waals surface area contributed by atoms with Gasteiger partial charge in [0.05, 0.1) is 16.3 Å². The zero-order valence-electron chi connectivity index (χ0n) is 14.3. The minimum Gasteiger partial charge on any atom is -0.452 e. The molecule has 2 rings (SSSR count). The van der Waals surface area contributed by atoms with Gasteiger partial charge in [-0.05, 0) is 50.2 Å². The second kappa shape index (κ2) is 9.08. The predicted molar refractivity (Wildman–Crippen MR) is 100 cm³/mol. The molecule has 0 spiro atoms. The third-order valence-electron chi connectivity index (χ3n) is 3.71. The molecule has 0 aliphatic carbocycles. The van der Waals surface area contributed by atoms with Crippen LogP contribution in [0.25, 0.3) is 0 Å². The number of carbonyl (C=O) groups is 2. The molecule has 0 heterocycles. The van der Waals surface area contributed by atoms with Gasteiger partial charge in [0.1, 0.15) is 0 Å². The fourth-order valence-corrected chi connectivity index (χ4v) is 2.54. The van der Waals surface area contributed by atoms with Crippen molar-refractivity contribution < 1.29 is 14.3 Å². The van der Waals surface area contributed by atoms with E-state index in [9.17, 15) is 9.59 Å². The summed E-state index contributed by atoms with van der Waals surface area (Å²) in [6, 6.07) is 14.0. The number of hydrogen-bond acceptors (Lipinski definition) is 4. The molecule has 25 heavy (non-hydrogen) atoms. The molecule has 1 N–H and O–H groups in total. The standard InChI is InChI=1S/C19H21ClN2O3/c1-3-22(4-2)15-11-9-14(10-12-15)19(24)25-13-18(23)21-17-8-6-5-7-16(17)20/h5-12H,3-4,13H2,1-2H3,(H,21,23). The zero-order chi connectivity index (χ0) is 18.2. The summed E-state index contributed by atoms with van der Waals surface area (Å²) in [5.41, 5.74) is 1.92. The summed E-state index contributed by atoms with van der Waals surface area (Å²) in [6.45, 7) is 5.55. The Hall–Kier alpha value is -2.53. The van der Waals surface area contributed by atoms with Gasteiger partial charge in [0.15, 0.2) is 6.61 Å². The van der Waals surface area contributed by atoms with E-state index in [1.807, 2.05) is 12.1 Å². The number of hydrogen-bond donors (Lipinski definition) is 1. The van der Waals surface area contributed by atoms with E-state index in [-0.39, 0.29) is 6.61 Å². The number of para-hydroxylation sites is 1. The van der Waals surface area contributed by atoms with Crippen LogP contribution >= 0.6 is 11.6 Å². The molecule has 0 saturated carbocycles. The van der Waals surface area contributed by atoms with Crippen LogP contribution in [0.1, 0.15) is 24.2 Å². The maximum atomic E-state index is 12.0. The molecule has 0 atom stereocenters. The topological polar surface area (TPSA) is 58.6 Å². The summed E-state index contributed by atoms with van der Waals surface area (Å²) in [4.78, 5) is 26.1. The molecule has 1 amide bonds. The maximum absolute atomic E-state index is 12.0. The molecule has 2 aromatic carbocycles. The second-order valence-corrected chi connectivity index (χ2v) is 5.73. The van der Waals surface area contributed by atoms with E-state index in [0.717, 1.165) is 18.8 Å². The fourth-order valence-electron chi connectivity index (χ4n) is 2.36. The average molecular weight is 361 g/mol. The number of rotatable bonds is 7. The first-order chi connectivity index (χ1) is 12.0. The van der Waals surface area contributed by atoms with Crippen molar-refractivity contribution in [2.75, 3.05) is 29.9 Å². The van der Waals surface area contributed by atoms with Crippen molar-refractivity contribution in [2.45, 2.75) is 13.8 Å². The Balaban J connectivity index is 1.89. The van der Waals surface area contributed by atoms with Gasteiger partial charge in [-0.3, -0.25) is 4.79 Å². The highest BCUT2D eigenvalue weighted by Gasteiger charge is 2.12. The fraction of sp³-hybridized carbons (Fsp3) is 0.263. The predicted octanol–water partition coefficient (Wildman–Crippen LogP) is 3.98. The number of nitrogens with one attached hydrogen (secondary N) is 1. The van der Waals surface area contributed by atoms with Gasteiger partial charge in [-0.15, -0.1) is 0 Å². The molecule has 0 aliphatic heterocycles. The summed E-state index contributed by atoms with van der Waals surface area (Å²) in [5.74, 6) is -0.985. The van der Waals surface area contributed by atoms with Gasteiger partial charge >= 0.3 is 5.97 Å². The highest BCUT2D eigenvalue weighted by Crippen LogP contribution is 2.20. The van der Waals surface area contributed by atoms with Crippen molar-refractivity contribution in [1.82, 2.24) is 0 Å². The van der Waals surface area contributed by atoms with E-state index < -0.39 is 11.9 Å². The third-order valence-corrected chi connectivity index (χ3v) is 4.04. The molecule has 6 heteroatoms. The van der Waals surface area contributed by atoms with E-state index in [0.29, 0.717) is 16.3 Å². The molecule has 2 aromatic rings. The van der Waals surface area contributed by atoms with E-state index in [4.69, 9.17) is 16.3 Å². The van der Waals surface area contributed by atoms with Crippen molar-refractivity contribution in [1.29, 1.82) is 0 Å². The first-order valence-corrected chi connectivity index (χ1v) is 8.49. The van der Waals surface area contributed by atoms with Gasteiger partial charge < -0.3 is 15.0 Å². The van der Waals surface area contributed by atoms with Crippen molar-refractivity contribution in [3.05, 3.63) is 59.1 Å². The Bertz CT molecular complexity index is 728. The number of amides is 1. The number of nitrogens with zero attached hydrogens (tertiary/aromatic N) is 1. The Morgan fingerprint density at radius 3 is 2.28 bits per heavy atom. The van der Waals surface area contributed by atoms with Crippen LogP contribution in [-0.4, -0.2) is 31.6 Å². The Morgan fingerprint density at radius 2 is 1.68 bits per heavy atom. The first kappa shape index (κ1) is 18.8. The van der Waals surface area contributed by atoms with Gasteiger partial charge in [0.2, 0.25) is 0 Å². The third kappa shape index (κ3) is 5.22. The minimum absolute atomic E-state index is 0.373. The molecule has 0 aliphatic rings. The number of anilines is 2. The van der Waals surface area contributed by atoms with Crippen molar-refractivity contribution >= 4 is 34.9 Å². The SMILES string of the molecule is CCN(CC)c1ccc(C(=O)OCC(=O)Nc2ccccc2Cl)cc1. The normalized spacial score (nSPS) is 10.2. The smallest absolute Gasteiger partial charge is 0.338 e. The lowest BCUT2D eigenvalue weighted by molar-refractivity contribution is -0.119. The Labute approximate surface area is 152 Å². The lowest BCUT2D eigenvalue weighted by Gasteiger charge is -2.20. The molecule has 5 nitrogen and oxygen atoms in total. The van der Waals surface area contributed by atoms with Crippen LogP contribution in [0.3, 0.4) is 0 Å². The molecular weight excluding hydrogens is 340 g/mol. The van der Waals surface area contributed by atoms with Crippen LogP contribution in [-0.2, 0) is 9.53 Å². The number of benzene rings is 2. The molecule has 0 fully saturated rings. The van der Waals surface area contributed by atoms with Gasteiger partial charge in [0, 0.05) is 18.8 Å². The lowest BCUT2D eigenvalue weighted by atomic mass is 10.2. The number of halogens is 1.